The summed E-state index contributed by atoms with van der Waals surface area (Å²) in [6.45, 7) is 5.98. The highest BCUT2D eigenvalue weighted by Crippen LogP contribution is 2.28. The predicted octanol–water partition coefficient (Wildman–Crippen LogP) is 4.10. The zero-order valence-corrected chi connectivity index (χ0v) is 13.5. The molecule has 0 bridgehead atoms. The first-order chi connectivity index (χ1) is 10.5. The number of amidine groups is 1. The number of nitrogens with zero attached hydrogens (tertiary/aromatic N) is 1. The van der Waals surface area contributed by atoms with Gasteiger partial charge in [0.15, 0.2) is 5.17 Å². The van der Waals surface area contributed by atoms with E-state index in [9.17, 15) is 4.79 Å². The van der Waals surface area contributed by atoms with Gasteiger partial charge in [0.25, 0.3) is 5.91 Å². The van der Waals surface area contributed by atoms with Crippen molar-refractivity contribution in [2.24, 2.45) is 4.99 Å². The maximum atomic E-state index is 12.0. The predicted molar refractivity (Wildman–Crippen MR) is 90.2 cm³/mol. The highest BCUT2D eigenvalue weighted by molar-refractivity contribution is 8.18. The fraction of sp³-hybridized carbons (Fsp3) is 0.176. The van der Waals surface area contributed by atoms with Gasteiger partial charge in [-0.05, 0) is 67.9 Å². The van der Waals surface area contributed by atoms with Crippen LogP contribution >= 0.6 is 11.8 Å². The van der Waals surface area contributed by atoms with E-state index in [1.807, 2.05) is 44.2 Å². The van der Waals surface area contributed by atoms with Gasteiger partial charge in [0, 0.05) is 6.08 Å². The lowest BCUT2D eigenvalue weighted by molar-refractivity contribution is -0.115. The van der Waals surface area contributed by atoms with Gasteiger partial charge in [-0.25, -0.2) is 4.99 Å². The fourth-order valence-corrected chi connectivity index (χ4v) is 2.88. The average Bonchev–Trinajstić information content (AvgIpc) is 3.01. The Labute approximate surface area is 133 Å². The molecule has 0 radical (unpaired) electrons. The first kappa shape index (κ1) is 14.7. The summed E-state index contributed by atoms with van der Waals surface area (Å²) in [6, 6.07) is 9.69. The standard InChI is InChI=1S/C17H16N2O2S/c1-10-4-6-13(8-11(10)2)18-17-19-16(20)15(22-17)9-14-7-5-12(3)21-14/h4-9H,1-3H3,(H,18,19,20). The topological polar surface area (TPSA) is 54.6 Å². The number of hydrogen-bond acceptors (Lipinski definition) is 4. The molecule has 0 saturated carbocycles. The third-order valence-corrected chi connectivity index (χ3v) is 4.32. The van der Waals surface area contributed by atoms with Crippen LogP contribution in [0.5, 0.6) is 0 Å². The van der Waals surface area contributed by atoms with E-state index in [2.05, 4.69) is 17.2 Å². The largest absolute Gasteiger partial charge is 0.462 e. The van der Waals surface area contributed by atoms with Crippen LogP contribution in [0.3, 0.4) is 0 Å². The van der Waals surface area contributed by atoms with Gasteiger partial charge < -0.3 is 9.73 Å². The van der Waals surface area contributed by atoms with Crippen molar-refractivity contribution in [3.05, 3.63) is 57.9 Å². The zero-order chi connectivity index (χ0) is 15.7. The molecule has 0 unspecified atom stereocenters. The van der Waals surface area contributed by atoms with Gasteiger partial charge in [-0.2, -0.15) is 0 Å². The Bertz CT molecular complexity index is 803. The number of carbonyl (C=O) groups excluding carboxylic acids is 1. The summed E-state index contributed by atoms with van der Waals surface area (Å²) in [5.74, 6) is 1.34. The number of aryl methyl sites for hydroxylation is 3. The molecular formula is C17H16N2O2S. The van der Waals surface area contributed by atoms with Crippen molar-refractivity contribution in [3.8, 4) is 0 Å². The maximum Gasteiger partial charge on any atom is 0.264 e. The van der Waals surface area contributed by atoms with Crippen LogP contribution in [0.1, 0.15) is 22.6 Å². The number of aliphatic imine (C=N–C) groups is 1. The molecule has 5 heteroatoms. The Hall–Kier alpha value is -2.27. The molecule has 0 atom stereocenters. The van der Waals surface area contributed by atoms with E-state index in [1.54, 1.807) is 6.08 Å². The third-order valence-electron chi connectivity index (χ3n) is 3.41. The van der Waals surface area contributed by atoms with Crippen molar-refractivity contribution in [2.45, 2.75) is 20.8 Å². The van der Waals surface area contributed by atoms with E-state index in [0.29, 0.717) is 15.8 Å². The van der Waals surface area contributed by atoms with Crippen molar-refractivity contribution >= 4 is 34.6 Å². The number of amides is 1. The van der Waals surface area contributed by atoms with E-state index in [4.69, 9.17) is 4.42 Å². The number of carbonyl (C=O) groups is 1. The second kappa shape index (κ2) is 5.85. The molecular weight excluding hydrogens is 296 g/mol. The van der Waals surface area contributed by atoms with Gasteiger partial charge in [-0.3, -0.25) is 4.79 Å². The fourth-order valence-electron chi connectivity index (χ4n) is 2.05. The molecule has 3 rings (SSSR count). The second-order valence-corrected chi connectivity index (χ2v) is 6.23. The lowest BCUT2D eigenvalue weighted by Gasteiger charge is -2.01. The van der Waals surface area contributed by atoms with Crippen LogP contribution in [-0.2, 0) is 4.79 Å². The van der Waals surface area contributed by atoms with Gasteiger partial charge in [-0.1, -0.05) is 6.07 Å². The van der Waals surface area contributed by atoms with Crippen molar-refractivity contribution in [1.29, 1.82) is 0 Å². The number of hydrogen-bond donors (Lipinski definition) is 1. The molecule has 112 valence electrons. The molecule has 2 heterocycles. The Morgan fingerprint density at radius 3 is 2.64 bits per heavy atom. The molecule has 1 aliphatic heterocycles. The zero-order valence-electron chi connectivity index (χ0n) is 12.6. The SMILES string of the molecule is Cc1ccc(C=C2SC(=Nc3ccc(C)c(C)c3)NC2=O)o1. The molecule has 1 aromatic heterocycles. The highest BCUT2D eigenvalue weighted by Gasteiger charge is 2.24. The monoisotopic (exact) mass is 312 g/mol. The maximum absolute atomic E-state index is 12.0. The van der Waals surface area contributed by atoms with Crippen LogP contribution < -0.4 is 5.32 Å². The first-order valence-electron chi connectivity index (χ1n) is 6.94. The van der Waals surface area contributed by atoms with E-state index in [1.165, 1.54) is 22.9 Å². The highest BCUT2D eigenvalue weighted by atomic mass is 32.2. The Morgan fingerprint density at radius 2 is 1.95 bits per heavy atom. The minimum absolute atomic E-state index is 0.151. The number of thioether (sulfide) groups is 1. The van der Waals surface area contributed by atoms with E-state index in [-0.39, 0.29) is 5.91 Å². The Balaban J connectivity index is 1.83. The summed E-state index contributed by atoms with van der Waals surface area (Å²) in [4.78, 5) is 17.0. The van der Waals surface area contributed by atoms with E-state index < -0.39 is 0 Å². The molecule has 1 amide bonds. The molecule has 1 aliphatic rings. The normalized spacial score (nSPS) is 18.2. The van der Waals surface area contributed by atoms with Gasteiger partial charge in [0.2, 0.25) is 0 Å². The van der Waals surface area contributed by atoms with E-state index in [0.717, 1.165) is 11.4 Å². The van der Waals surface area contributed by atoms with Crippen molar-refractivity contribution in [3.63, 3.8) is 0 Å². The van der Waals surface area contributed by atoms with Gasteiger partial charge in [0.1, 0.15) is 11.5 Å². The molecule has 1 fully saturated rings. The van der Waals surface area contributed by atoms with Crippen molar-refractivity contribution in [2.75, 3.05) is 0 Å². The summed E-state index contributed by atoms with van der Waals surface area (Å²) in [7, 11) is 0. The van der Waals surface area contributed by atoms with Crippen LogP contribution in [0.4, 0.5) is 5.69 Å². The molecule has 1 saturated heterocycles. The number of benzene rings is 1. The third kappa shape index (κ3) is 3.14. The molecule has 1 N–H and O–H groups in total. The van der Waals surface area contributed by atoms with Crippen molar-refractivity contribution in [1.82, 2.24) is 5.32 Å². The lowest BCUT2D eigenvalue weighted by atomic mass is 10.1. The molecule has 1 aromatic carbocycles. The van der Waals surface area contributed by atoms with Gasteiger partial charge >= 0.3 is 0 Å². The summed E-state index contributed by atoms with van der Waals surface area (Å²) in [5.41, 5.74) is 3.24. The number of furan rings is 1. The molecule has 4 nitrogen and oxygen atoms in total. The van der Waals surface area contributed by atoms with Crippen molar-refractivity contribution < 1.29 is 9.21 Å². The summed E-state index contributed by atoms with van der Waals surface area (Å²) in [6.07, 6.45) is 1.73. The van der Waals surface area contributed by atoms with Gasteiger partial charge in [0.05, 0.1) is 10.6 Å². The number of nitrogens with one attached hydrogen (secondary N) is 1. The first-order valence-corrected chi connectivity index (χ1v) is 7.76. The summed E-state index contributed by atoms with van der Waals surface area (Å²) in [5, 5.41) is 3.36. The van der Waals surface area contributed by atoms with Crippen LogP contribution in [0, 0.1) is 20.8 Å². The summed E-state index contributed by atoms with van der Waals surface area (Å²) >= 11 is 1.32. The molecule has 0 aliphatic carbocycles. The quantitative estimate of drug-likeness (QED) is 0.850. The van der Waals surface area contributed by atoms with E-state index >= 15 is 0 Å². The molecule has 0 spiro atoms. The lowest BCUT2D eigenvalue weighted by Crippen LogP contribution is -2.19. The van der Waals surface area contributed by atoms with Crippen LogP contribution in [0.2, 0.25) is 0 Å². The average molecular weight is 312 g/mol. The Morgan fingerprint density at radius 1 is 1.14 bits per heavy atom. The Kier molecular flexibility index (Phi) is 3.90. The summed E-state index contributed by atoms with van der Waals surface area (Å²) < 4.78 is 5.47. The smallest absolute Gasteiger partial charge is 0.264 e. The molecule has 22 heavy (non-hydrogen) atoms. The minimum atomic E-state index is -0.151. The van der Waals surface area contributed by atoms with Crippen LogP contribution in [0.15, 0.2) is 44.6 Å². The van der Waals surface area contributed by atoms with Crippen LogP contribution in [0.25, 0.3) is 6.08 Å². The number of rotatable bonds is 2. The molecule has 2 aromatic rings. The van der Waals surface area contributed by atoms with Crippen LogP contribution in [-0.4, -0.2) is 11.1 Å². The second-order valence-electron chi connectivity index (χ2n) is 5.20. The van der Waals surface area contributed by atoms with Gasteiger partial charge in [-0.15, -0.1) is 0 Å². The minimum Gasteiger partial charge on any atom is -0.462 e.